The second kappa shape index (κ2) is 6.48. The van der Waals surface area contributed by atoms with E-state index in [1.165, 1.54) is 60.2 Å². The summed E-state index contributed by atoms with van der Waals surface area (Å²) in [5, 5.41) is 2.62. The molecule has 1 aromatic carbocycles. The van der Waals surface area contributed by atoms with Crippen molar-refractivity contribution in [3.8, 4) is 0 Å². The molecule has 0 saturated heterocycles. The fourth-order valence-electron chi connectivity index (χ4n) is 3.18. The van der Waals surface area contributed by atoms with E-state index in [1.807, 2.05) is 11.8 Å². The minimum Gasteiger partial charge on any atom is -0.350 e. The van der Waals surface area contributed by atoms with E-state index < -0.39 is 0 Å². The molecule has 1 saturated carbocycles. The van der Waals surface area contributed by atoms with Gasteiger partial charge >= 0.3 is 0 Å². The van der Waals surface area contributed by atoms with E-state index in [-0.39, 0.29) is 0 Å². The van der Waals surface area contributed by atoms with Crippen LogP contribution in [-0.2, 0) is 0 Å². The van der Waals surface area contributed by atoms with Crippen molar-refractivity contribution < 1.29 is 0 Å². The summed E-state index contributed by atoms with van der Waals surface area (Å²) in [5.74, 6) is 2.23. The van der Waals surface area contributed by atoms with Crippen molar-refractivity contribution >= 4 is 35.3 Å². The lowest BCUT2D eigenvalue weighted by Crippen LogP contribution is -2.25. The lowest BCUT2D eigenvalue weighted by molar-refractivity contribution is 0.332. The van der Waals surface area contributed by atoms with Crippen molar-refractivity contribution in [1.29, 1.82) is 0 Å². The molecule has 1 aromatic heterocycles. The van der Waals surface area contributed by atoms with Crippen molar-refractivity contribution in [1.82, 2.24) is 4.98 Å². The normalized spacial score (nSPS) is 19.1. The standard InChI is InChI=1S/C17H23NS2/c19-12-17(9-5-1-2-6-10-17)13-20-16-11-14-7-3-4-8-15(14)18-16/h3-4,7-8,11,18-19H,1-2,5-6,9-10,12-13H2. The van der Waals surface area contributed by atoms with Crippen LogP contribution in [0.3, 0.4) is 0 Å². The maximum atomic E-state index is 4.67. The van der Waals surface area contributed by atoms with Crippen molar-refractivity contribution in [2.75, 3.05) is 11.5 Å². The molecule has 0 radical (unpaired) electrons. The van der Waals surface area contributed by atoms with Crippen LogP contribution in [0.15, 0.2) is 35.4 Å². The van der Waals surface area contributed by atoms with Gasteiger partial charge in [0.1, 0.15) is 0 Å². The zero-order valence-electron chi connectivity index (χ0n) is 11.9. The summed E-state index contributed by atoms with van der Waals surface area (Å²) in [5.41, 5.74) is 1.69. The largest absolute Gasteiger partial charge is 0.350 e. The predicted molar refractivity (Wildman–Crippen MR) is 93.0 cm³/mol. The lowest BCUT2D eigenvalue weighted by atomic mass is 9.84. The average Bonchev–Trinajstić information content (AvgIpc) is 2.75. The molecular weight excluding hydrogens is 282 g/mol. The van der Waals surface area contributed by atoms with Gasteiger partial charge in [-0.3, -0.25) is 0 Å². The molecule has 1 N–H and O–H groups in total. The van der Waals surface area contributed by atoms with Gasteiger partial charge in [0.05, 0.1) is 5.03 Å². The summed E-state index contributed by atoms with van der Waals surface area (Å²) in [7, 11) is 0. The number of para-hydroxylation sites is 1. The summed E-state index contributed by atoms with van der Waals surface area (Å²) in [6.07, 6.45) is 8.29. The van der Waals surface area contributed by atoms with Gasteiger partial charge in [-0.2, -0.15) is 12.6 Å². The van der Waals surface area contributed by atoms with E-state index >= 15 is 0 Å². The molecule has 20 heavy (non-hydrogen) atoms. The van der Waals surface area contributed by atoms with Crippen LogP contribution in [0, 0.1) is 5.41 Å². The molecule has 108 valence electrons. The number of hydrogen-bond acceptors (Lipinski definition) is 2. The molecule has 1 aliphatic carbocycles. The first-order valence-electron chi connectivity index (χ1n) is 7.63. The highest BCUT2D eigenvalue weighted by atomic mass is 32.2. The number of rotatable bonds is 4. The molecule has 1 heterocycles. The number of aromatic nitrogens is 1. The number of thiol groups is 1. The van der Waals surface area contributed by atoms with Gasteiger partial charge in [0.2, 0.25) is 0 Å². The van der Waals surface area contributed by atoms with Gasteiger partial charge in [0, 0.05) is 16.7 Å². The van der Waals surface area contributed by atoms with Crippen LogP contribution in [0.1, 0.15) is 38.5 Å². The number of fused-ring (bicyclic) bond motifs is 1. The minimum absolute atomic E-state index is 0.446. The number of thioether (sulfide) groups is 1. The molecular formula is C17H23NS2. The Hall–Kier alpha value is -0.540. The van der Waals surface area contributed by atoms with Gasteiger partial charge in [-0.05, 0) is 36.1 Å². The van der Waals surface area contributed by atoms with E-state index in [1.54, 1.807) is 0 Å². The van der Waals surface area contributed by atoms with Crippen molar-refractivity contribution in [3.05, 3.63) is 30.3 Å². The SMILES string of the molecule is SCC1(CSc2cc3ccccc3[nH]2)CCCCCC1. The van der Waals surface area contributed by atoms with Crippen LogP contribution in [0.25, 0.3) is 10.9 Å². The van der Waals surface area contributed by atoms with Gasteiger partial charge in [-0.25, -0.2) is 0 Å². The number of nitrogens with one attached hydrogen (secondary N) is 1. The first-order chi connectivity index (χ1) is 9.81. The number of benzene rings is 1. The van der Waals surface area contributed by atoms with Crippen LogP contribution < -0.4 is 0 Å². The van der Waals surface area contributed by atoms with Crippen LogP contribution >= 0.6 is 24.4 Å². The monoisotopic (exact) mass is 305 g/mol. The maximum Gasteiger partial charge on any atom is 0.0732 e. The molecule has 1 nitrogen and oxygen atoms in total. The third-order valence-corrected chi connectivity index (χ3v) is 6.50. The first kappa shape index (κ1) is 14.4. The van der Waals surface area contributed by atoms with E-state index in [0.717, 1.165) is 5.75 Å². The summed E-state index contributed by atoms with van der Waals surface area (Å²) in [6, 6.07) is 10.8. The molecule has 0 unspecified atom stereocenters. The highest BCUT2D eigenvalue weighted by Crippen LogP contribution is 2.40. The Kier molecular flexibility index (Phi) is 4.67. The maximum absolute atomic E-state index is 4.67. The van der Waals surface area contributed by atoms with E-state index in [4.69, 9.17) is 0 Å². The zero-order valence-corrected chi connectivity index (χ0v) is 13.6. The summed E-state index contributed by atoms with van der Waals surface area (Å²) in [4.78, 5) is 3.53. The quantitative estimate of drug-likeness (QED) is 0.431. The summed E-state index contributed by atoms with van der Waals surface area (Å²) in [6.45, 7) is 0. The fourth-order valence-corrected chi connectivity index (χ4v) is 5.01. The number of H-pyrrole nitrogens is 1. The molecule has 3 heteroatoms. The van der Waals surface area contributed by atoms with Gasteiger partial charge in [0.25, 0.3) is 0 Å². The Morgan fingerprint density at radius 3 is 2.55 bits per heavy atom. The smallest absolute Gasteiger partial charge is 0.0732 e. The van der Waals surface area contributed by atoms with E-state index in [9.17, 15) is 0 Å². The fraction of sp³-hybridized carbons (Fsp3) is 0.529. The molecule has 0 amide bonds. The molecule has 0 atom stereocenters. The Morgan fingerprint density at radius 1 is 1.10 bits per heavy atom. The molecule has 1 fully saturated rings. The third-order valence-electron chi connectivity index (χ3n) is 4.54. The summed E-state index contributed by atoms with van der Waals surface area (Å²) < 4.78 is 0. The Labute approximate surface area is 131 Å². The predicted octanol–water partition coefficient (Wildman–Crippen LogP) is 5.53. The van der Waals surface area contributed by atoms with Crippen molar-refractivity contribution in [2.45, 2.75) is 43.6 Å². The van der Waals surface area contributed by atoms with E-state index in [0.29, 0.717) is 5.41 Å². The highest BCUT2D eigenvalue weighted by Gasteiger charge is 2.29. The molecule has 3 rings (SSSR count). The second-order valence-corrected chi connectivity index (χ2v) is 7.42. The van der Waals surface area contributed by atoms with Gasteiger partial charge in [-0.15, -0.1) is 11.8 Å². The Morgan fingerprint density at radius 2 is 1.85 bits per heavy atom. The van der Waals surface area contributed by atoms with Gasteiger partial charge < -0.3 is 4.98 Å². The molecule has 0 bridgehead atoms. The number of hydrogen-bond donors (Lipinski definition) is 2. The highest BCUT2D eigenvalue weighted by molar-refractivity contribution is 7.99. The van der Waals surface area contributed by atoms with Gasteiger partial charge in [-0.1, -0.05) is 43.9 Å². The van der Waals surface area contributed by atoms with Crippen LogP contribution in [-0.4, -0.2) is 16.5 Å². The second-order valence-electron chi connectivity index (χ2n) is 6.08. The molecule has 2 aromatic rings. The average molecular weight is 306 g/mol. The van der Waals surface area contributed by atoms with Crippen molar-refractivity contribution in [2.24, 2.45) is 5.41 Å². The van der Waals surface area contributed by atoms with Crippen molar-refractivity contribution in [3.63, 3.8) is 0 Å². The van der Waals surface area contributed by atoms with Crippen LogP contribution in [0.2, 0.25) is 0 Å². The van der Waals surface area contributed by atoms with Crippen LogP contribution in [0.5, 0.6) is 0 Å². The number of aromatic amines is 1. The van der Waals surface area contributed by atoms with Gasteiger partial charge in [0.15, 0.2) is 0 Å². The third kappa shape index (κ3) is 3.20. The summed E-state index contributed by atoms with van der Waals surface area (Å²) >= 11 is 6.65. The Bertz CT molecular complexity index is 520. The lowest BCUT2D eigenvalue weighted by Gasteiger charge is -2.30. The molecule has 0 aliphatic heterocycles. The first-order valence-corrected chi connectivity index (χ1v) is 9.25. The zero-order chi connectivity index (χ0) is 13.8. The van der Waals surface area contributed by atoms with E-state index in [2.05, 4.69) is 47.9 Å². The topological polar surface area (TPSA) is 15.8 Å². The molecule has 0 spiro atoms. The molecule has 1 aliphatic rings. The minimum atomic E-state index is 0.446. The van der Waals surface area contributed by atoms with Crippen LogP contribution in [0.4, 0.5) is 0 Å². The Balaban J connectivity index is 1.70.